The van der Waals surface area contributed by atoms with Crippen LogP contribution in [0.4, 0.5) is 5.82 Å². The highest BCUT2D eigenvalue weighted by molar-refractivity contribution is 5.72. The van der Waals surface area contributed by atoms with Gasteiger partial charge in [-0.3, -0.25) is 4.79 Å². The Balaban J connectivity index is 2.51. The third kappa shape index (κ3) is 3.86. The number of amides is 1. The van der Waals surface area contributed by atoms with Crippen molar-refractivity contribution in [1.29, 1.82) is 0 Å². The quantitative estimate of drug-likeness (QED) is 0.630. The van der Waals surface area contributed by atoms with Crippen molar-refractivity contribution < 1.29 is 4.79 Å². The van der Waals surface area contributed by atoms with E-state index in [4.69, 9.17) is 5.73 Å². The summed E-state index contributed by atoms with van der Waals surface area (Å²) >= 11 is 0. The number of hydrogen-bond donors (Lipinski definition) is 3. The summed E-state index contributed by atoms with van der Waals surface area (Å²) in [7, 11) is 0. The molecule has 0 aliphatic rings. The van der Waals surface area contributed by atoms with Crippen LogP contribution in [0, 0.1) is 6.92 Å². The minimum absolute atomic E-state index is 0.0296. The van der Waals surface area contributed by atoms with Crippen LogP contribution in [-0.2, 0) is 11.3 Å². The number of nitrogens with one attached hydrogen (secondary N) is 2. The van der Waals surface area contributed by atoms with Gasteiger partial charge in [0.2, 0.25) is 5.91 Å². The largest absolute Gasteiger partial charge is 0.368 e. The van der Waals surface area contributed by atoms with E-state index in [0.29, 0.717) is 19.6 Å². The molecule has 1 heterocycles. The minimum atomic E-state index is -0.0296. The number of nitrogens with zero attached hydrogens (tertiary/aromatic N) is 1. The smallest absolute Gasteiger partial charge is 0.216 e. The minimum Gasteiger partial charge on any atom is -0.368 e. The van der Waals surface area contributed by atoms with Gasteiger partial charge in [0.25, 0.3) is 0 Å². The molecule has 0 unspecified atom stereocenters. The zero-order valence-corrected chi connectivity index (χ0v) is 9.71. The Hall–Kier alpha value is -1.62. The fraction of sp³-hybridized carbons (Fsp3) is 0.455. The predicted octanol–water partition coefficient (Wildman–Crippen LogP) is 0.397. The summed E-state index contributed by atoms with van der Waals surface area (Å²) in [6.07, 6.45) is 0. The van der Waals surface area contributed by atoms with E-state index in [1.54, 1.807) is 0 Å². The summed E-state index contributed by atoms with van der Waals surface area (Å²) in [5.74, 6) is 0.769. The van der Waals surface area contributed by atoms with Gasteiger partial charge in [-0.15, -0.1) is 0 Å². The second-order valence-corrected chi connectivity index (χ2v) is 3.57. The predicted molar refractivity (Wildman–Crippen MR) is 64.0 cm³/mol. The van der Waals surface area contributed by atoms with E-state index in [-0.39, 0.29) is 5.91 Å². The number of hydrogen-bond acceptors (Lipinski definition) is 4. The molecule has 1 aromatic heterocycles. The van der Waals surface area contributed by atoms with Crippen molar-refractivity contribution in [2.24, 2.45) is 5.73 Å². The van der Waals surface area contributed by atoms with Gasteiger partial charge < -0.3 is 16.4 Å². The molecule has 0 saturated carbocycles. The molecule has 1 amide bonds. The van der Waals surface area contributed by atoms with Gasteiger partial charge in [-0.25, -0.2) is 4.98 Å². The number of aromatic nitrogens is 1. The molecule has 5 nitrogen and oxygen atoms in total. The van der Waals surface area contributed by atoms with Gasteiger partial charge in [-0.2, -0.15) is 0 Å². The van der Waals surface area contributed by atoms with Crippen LogP contribution in [0.25, 0.3) is 0 Å². The number of pyridine rings is 1. The van der Waals surface area contributed by atoms with Crippen LogP contribution in [0.3, 0.4) is 0 Å². The van der Waals surface area contributed by atoms with Crippen molar-refractivity contribution in [3.05, 3.63) is 23.4 Å². The first kappa shape index (κ1) is 12.4. The molecule has 5 heteroatoms. The first-order valence-corrected chi connectivity index (χ1v) is 5.28. The van der Waals surface area contributed by atoms with Crippen LogP contribution in [0.15, 0.2) is 12.1 Å². The fourth-order valence-electron chi connectivity index (χ4n) is 1.32. The number of rotatable bonds is 5. The number of nitrogens with two attached hydrogens (primary N) is 1. The molecule has 0 bridgehead atoms. The van der Waals surface area contributed by atoms with Gasteiger partial charge >= 0.3 is 0 Å². The lowest BCUT2D eigenvalue weighted by Crippen LogP contribution is -2.26. The van der Waals surface area contributed by atoms with Crippen molar-refractivity contribution in [3.8, 4) is 0 Å². The molecular formula is C11H18N4O. The molecule has 0 radical (unpaired) electrons. The molecule has 4 N–H and O–H groups in total. The Morgan fingerprint density at radius 2 is 2.19 bits per heavy atom. The number of anilines is 1. The Labute approximate surface area is 95.4 Å². The SMILES string of the molecule is CC(=O)NCCNc1nc(C)ccc1CN. The monoisotopic (exact) mass is 222 g/mol. The Bertz CT molecular complexity index is 365. The van der Waals surface area contributed by atoms with Crippen LogP contribution in [0.5, 0.6) is 0 Å². The average Bonchev–Trinajstić information content (AvgIpc) is 2.24. The maximum Gasteiger partial charge on any atom is 0.216 e. The summed E-state index contributed by atoms with van der Waals surface area (Å²) in [5, 5.41) is 5.86. The van der Waals surface area contributed by atoms with Crippen molar-refractivity contribution in [3.63, 3.8) is 0 Å². The third-order valence-electron chi connectivity index (χ3n) is 2.13. The van der Waals surface area contributed by atoms with E-state index in [1.807, 2.05) is 19.1 Å². The van der Waals surface area contributed by atoms with Gasteiger partial charge in [0, 0.05) is 37.8 Å². The standard InChI is InChI=1S/C11H18N4O/c1-8-3-4-10(7-12)11(15-8)14-6-5-13-9(2)16/h3-4H,5-7,12H2,1-2H3,(H,13,16)(H,14,15). The molecular weight excluding hydrogens is 204 g/mol. The highest BCUT2D eigenvalue weighted by Crippen LogP contribution is 2.11. The van der Waals surface area contributed by atoms with Gasteiger partial charge in [0.1, 0.15) is 5.82 Å². The van der Waals surface area contributed by atoms with Gasteiger partial charge in [-0.1, -0.05) is 6.07 Å². The number of carbonyl (C=O) groups is 1. The Morgan fingerprint density at radius 3 is 2.81 bits per heavy atom. The summed E-state index contributed by atoms with van der Waals surface area (Å²) in [6.45, 7) is 5.10. The summed E-state index contributed by atoms with van der Waals surface area (Å²) in [5.41, 5.74) is 7.53. The van der Waals surface area contributed by atoms with E-state index < -0.39 is 0 Å². The van der Waals surface area contributed by atoms with E-state index in [1.165, 1.54) is 6.92 Å². The lowest BCUT2D eigenvalue weighted by molar-refractivity contribution is -0.118. The first-order valence-electron chi connectivity index (χ1n) is 5.28. The zero-order valence-electron chi connectivity index (χ0n) is 9.71. The van der Waals surface area contributed by atoms with Crippen molar-refractivity contribution in [2.45, 2.75) is 20.4 Å². The Kier molecular flexibility index (Phi) is 4.72. The van der Waals surface area contributed by atoms with E-state index in [2.05, 4.69) is 15.6 Å². The van der Waals surface area contributed by atoms with E-state index in [9.17, 15) is 4.79 Å². The summed E-state index contributed by atoms with van der Waals surface area (Å²) in [6, 6.07) is 3.89. The van der Waals surface area contributed by atoms with Crippen LogP contribution in [0.1, 0.15) is 18.2 Å². The zero-order chi connectivity index (χ0) is 12.0. The van der Waals surface area contributed by atoms with Gasteiger partial charge in [0.15, 0.2) is 0 Å². The molecule has 0 atom stereocenters. The van der Waals surface area contributed by atoms with Crippen molar-refractivity contribution in [2.75, 3.05) is 18.4 Å². The molecule has 0 saturated heterocycles. The Morgan fingerprint density at radius 1 is 1.44 bits per heavy atom. The van der Waals surface area contributed by atoms with Crippen molar-refractivity contribution in [1.82, 2.24) is 10.3 Å². The second-order valence-electron chi connectivity index (χ2n) is 3.57. The van der Waals surface area contributed by atoms with Crippen LogP contribution in [-0.4, -0.2) is 24.0 Å². The maximum atomic E-state index is 10.7. The molecule has 0 spiro atoms. The second kappa shape index (κ2) is 6.07. The molecule has 1 aromatic rings. The van der Waals surface area contributed by atoms with E-state index in [0.717, 1.165) is 17.1 Å². The number of carbonyl (C=O) groups excluding carboxylic acids is 1. The topological polar surface area (TPSA) is 80.0 Å². The molecule has 16 heavy (non-hydrogen) atoms. The molecule has 0 aliphatic carbocycles. The highest BCUT2D eigenvalue weighted by Gasteiger charge is 2.02. The maximum absolute atomic E-state index is 10.7. The van der Waals surface area contributed by atoms with Crippen LogP contribution in [0.2, 0.25) is 0 Å². The van der Waals surface area contributed by atoms with Gasteiger partial charge in [0.05, 0.1) is 0 Å². The molecule has 0 fully saturated rings. The van der Waals surface area contributed by atoms with Crippen LogP contribution < -0.4 is 16.4 Å². The lowest BCUT2D eigenvalue weighted by atomic mass is 10.2. The fourth-order valence-corrected chi connectivity index (χ4v) is 1.32. The number of aryl methyl sites for hydroxylation is 1. The van der Waals surface area contributed by atoms with E-state index >= 15 is 0 Å². The first-order chi connectivity index (χ1) is 7.63. The third-order valence-corrected chi connectivity index (χ3v) is 2.13. The summed E-state index contributed by atoms with van der Waals surface area (Å²) < 4.78 is 0. The highest BCUT2D eigenvalue weighted by atomic mass is 16.1. The summed E-state index contributed by atoms with van der Waals surface area (Å²) in [4.78, 5) is 15.0. The molecule has 0 aliphatic heterocycles. The lowest BCUT2D eigenvalue weighted by Gasteiger charge is -2.10. The van der Waals surface area contributed by atoms with Crippen molar-refractivity contribution >= 4 is 11.7 Å². The molecule has 1 rings (SSSR count). The molecule has 0 aromatic carbocycles. The average molecular weight is 222 g/mol. The van der Waals surface area contributed by atoms with Gasteiger partial charge in [-0.05, 0) is 13.0 Å². The molecule has 88 valence electrons. The normalized spacial score (nSPS) is 9.94. The van der Waals surface area contributed by atoms with Crippen LogP contribution >= 0.6 is 0 Å².